The Hall–Kier alpha value is -0.900. The van der Waals surface area contributed by atoms with Crippen LogP contribution in [-0.2, 0) is 9.73 Å². The second-order valence-corrected chi connectivity index (χ2v) is 5.23. The van der Waals surface area contributed by atoms with E-state index in [4.69, 9.17) is 0 Å². The maximum Gasteiger partial charge on any atom is 0.0913 e. The normalized spacial score (nSPS) is 15.2. The zero-order valence-electron chi connectivity index (χ0n) is 7.23. The molecule has 0 aliphatic rings. The molecule has 0 saturated carbocycles. The molecule has 0 amide bonds. The van der Waals surface area contributed by atoms with Crippen LogP contribution in [0, 0.1) is 0 Å². The molecule has 0 bridgehead atoms. The maximum absolute atomic E-state index is 11.5. The van der Waals surface area contributed by atoms with Crippen molar-refractivity contribution in [3.8, 4) is 0 Å². The lowest BCUT2D eigenvalue weighted by atomic mass is 10.4. The van der Waals surface area contributed by atoms with E-state index in [1.807, 2.05) is 6.92 Å². The van der Waals surface area contributed by atoms with Crippen LogP contribution in [-0.4, -0.2) is 21.2 Å². The SMILES string of the molecule is CCS(C)(=O)=Nc1cccnc1. The van der Waals surface area contributed by atoms with Gasteiger partial charge in [0, 0.05) is 27.9 Å². The van der Waals surface area contributed by atoms with Gasteiger partial charge in [-0.3, -0.25) is 4.98 Å². The molecule has 0 aliphatic carbocycles. The molecule has 0 aromatic carbocycles. The summed E-state index contributed by atoms with van der Waals surface area (Å²) >= 11 is 0. The fourth-order valence-corrected chi connectivity index (χ4v) is 1.38. The van der Waals surface area contributed by atoms with Crippen LogP contribution >= 0.6 is 0 Å². The molecular weight excluding hydrogens is 172 g/mol. The predicted molar refractivity (Wildman–Crippen MR) is 50.9 cm³/mol. The van der Waals surface area contributed by atoms with Gasteiger partial charge in [-0.25, -0.2) is 4.21 Å². The number of hydrogen-bond acceptors (Lipinski definition) is 3. The number of nitrogens with zero attached hydrogens (tertiary/aromatic N) is 2. The van der Waals surface area contributed by atoms with E-state index in [0.717, 1.165) is 0 Å². The molecule has 12 heavy (non-hydrogen) atoms. The van der Waals surface area contributed by atoms with Gasteiger partial charge in [0.05, 0.1) is 11.9 Å². The summed E-state index contributed by atoms with van der Waals surface area (Å²) in [5, 5.41) is 0. The van der Waals surface area contributed by atoms with E-state index in [-0.39, 0.29) is 0 Å². The second-order valence-electron chi connectivity index (χ2n) is 2.55. The molecule has 1 unspecified atom stereocenters. The first kappa shape index (κ1) is 9.19. The first-order chi connectivity index (χ1) is 5.64. The van der Waals surface area contributed by atoms with E-state index in [1.165, 1.54) is 0 Å². The van der Waals surface area contributed by atoms with E-state index in [9.17, 15) is 4.21 Å². The van der Waals surface area contributed by atoms with Gasteiger partial charge in [0.1, 0.15) is 0 Å². The highest BCUT2D eigenvalue weighted by atomic mass is 32.2. The van der Waals surface area contributed by atoms with Crippen LogP contribution in [0.25, 0.3) is 0 Å². The third-order valence-electron chi connectivity index (χ3n) is 1.48. The summed E-state index contributed by atoms with van der Waals surface area (Å²) in [6.45, 7) is 1.86. The van der Waals surface area contributed by atoms with Gasteiger partial charge >= 0.3 is 0 Å². The van der Waals surface area contributed by atoms with Crippen molar-refractivity contribution in [1.29, 1.82) is 0 Å². The van der Waals surface area contributed by atoms with E-state index >= 15 is 0 Å². The van der Waals surface area contributed by atoms with Crippen molar-refractivity contribution in [2.75, 3.05) is 12.0 Å². The molecule has 1 aromatic rings. The summed E-state index contributed by atoms with van der Waals surface area (Å²) in [7, 11) is -2.04. The van der Waals surface area contributed by atoms with Crippen molar-refractivity contribution in [3.63, 3.8) is 0 Å². The third kappa shape index (κ3) is 2.62. The highest BCUT2D eigenvalue weighted by molar-refractivity contribution is 7.93. The Morgan fingerprint density at radius 2 is 2.42 bits per heavy atom. The van der Waals surface area contributed by atoms with Gasteiger partial charge in [-0.05, 0) is 12.1 Å². The van der Waals surface area contributed by atoms with Gasteiger partial charge in [0.25, 0.3) is 0 Å². The van der Waals surface area contributed by atoms with Crippen molar-refractivity contribution in [1.82, 2.24) is 4.98 Å². The number of aromatic nitrogens is 1. The Balaban J connectivity index is 3.04. The lowest BCUT2D eigenvalue weighted by Crippen LogP contribution is -1.97. The van der Waals surface area contributed by atoms with E-state index < -0.39 is 9.73 Å². The van der Waals surface area contributed by atoms with Gasteiger partial charge < -0.3 is 0 Å². The number of rotatable bonds is 2. The molecule has 1 atom stereocenters. The third-order valence-corrected chi connectivity index (χ3v) is 3.15. The Bertz CT molecular complexity index is 353. The second kappa shape index (κ2) is 3.67. The molecular formula is C8H12N2OS. The molecule has 1 rings (SSSR count). The van der Waals surface area contributed by atoms with Crippen LogP contribution in [0.1, 0.15) is 6.92 Å². The van der Waals surface area contributed by atoms with Crippen molar-refractivity contribution < 1.29 is 4.21 Å². The van der Waals surface area contributed by atoms with Crippen molar-refractivity contribution in [3.05, 3.63) is 24.5 Å². The minimum atomic E-state index is -2.04. The lowest BCUT2D eigenvalue weighted by Gasteiger charge is -1.98. The maximum atomic E-state index is 11.5. The summed E-state index contributed by atoms with van der Waals surface area (Å²) in [4.78, 5) is 3.88. The topological polar surface area (TPSA) is 42.3 Å². The summed E-state index contributed by atoms with van der Waals surface area (Å²) in [5.41, 5.74) is 0.687. The minimum absolute atomic E-state index is 0.571. The average molecular weight is 184 g/mol. The van der Waals surface area contributed by atoms with Crippen LogP contribution in [0.2, 0.25) is 0 Å². The van der Waals surface area contributed by atoms with E-state index in [0.29, 0.717) is 11.4 Å². The van der Waals surface area contributed by atoms with Gasteiger partial charge in [-0.15, -0.1) is 0 Å². The summed E-state index contributed by atoms with van der Waals surface area (Å²) in [6.07, 6.45) is 4.93. The highest BCUT2D eigenvalue weighted by Crippen LogP contribution is 2.10. The summed E-state index contributed by atoms with van der Waals surface area (Å²) in [6, 6.07) is 3.58. The van der Waals surface area contributed by atoms with Gasteiger partial charge in [0.2, 0.25) is 0 Å². The van der Waals surface area contributed by atoms with Crippen LogP contribution < -0.4 is 0 Å². The minimum Gasteiger partial charge on any atom is -0.262 e. The van der Waals surface area contributed by atoms with Crippen LogP contribution in [0.4, 0.5) is 5.69 Å². The largest absolute Gasteiger partial charge is 0.262 e. The fourth-order valence-electron chi connectivity index (χ4n) is 0.695. The molecule has 4 heteroatoms. The quantitative estimate of drug-likeness (QED) is 0.703. The lowest BCUT2D eigenvalue weighted by molar-refractivity contribution is 0.681. The van der Waals surface area contributed by atoms with Gasteiger partial charge in [0.15, 0.2) is 0 Å². The van der Waals surface area contributed by atoms with Crippen molar-refractivity contribution >= 4 is 15.4 Å². The smallest absolute Gasteiger partial charge is 0.0913 e. The van der Waals surface area contributed by atoms with Gasteiger partial charge in [-0.2, -0.15) is 4.36 Å². The Kier molecular flexibility index (Phi) is 2.81. The summed E-state index contributed by atoms with van der Waals surface area (Å²) in [5.74, 6) is 0.571. The monoisotopic (exact) mass is 184 g/mol. The first-order valence-electron chi connectivity index (χ1n) is 3.74. The van der Waals surface area contributed by atoms with Crippen molar-refractivity contribution in [2.24, 2.45) is 4.36 Å². The van der Waals surface area contributed by atoms with Crippen LogP contribution in [0.5, 0.6) is 0 Å². The van der Waals surface area contributed by atoms with Gasteiger partial charge in [-0.1, -0.05) is 6.92 Å². The molecule has 0 aliphatic heterocycles. The number of hydrogen-bond donors (Lipinski definition) is 0. The predicted octanol–water partition coefficient (Wildman–Crippen LogP) is 1.83. The zero-order chi connectivity index (χ0) is 9.03. The van der Waals surface area contributed by atoms with Crippen LogP contribution in [0.3, 0.4) is 0 Å². The molecule has 1 aromatic heterocycles. The van der Waals surface area contributed by atoms with Crippen molar-refractivity contribution in [2.45, 2.75) is 6.92 Å². The molecule has 0 spiro atoms. The van der Waals surface area contributed by atoms with E-state index in [2.05, 4.69) is 9.35 Å². The fraction of sp³-hybridized carbons (Fsp3) is 0.375. The molecule has 0 radical (unpaired) electrons. The average Bonchev–Trinajstić information content (AvgIpc) is 2.06. The highest BCUT2D eigenvalue weighted by Gasteiger charge is 1.96. The van der Waals surface area contributed by atoms with Crippen LogP contribution in [0.15, 0.2) is 28.9 Å². The first-order valence-corrected chi connectivity index (χ1v) is 5.83. The standard InChI is InChI=1S/C8H12N2OS/c1-3-12(2,11)10-8-5-4-6-9-7-8/h4-7H,3H2,1-2H3. The Morgan fingerprint density at radius 3 is 2.92 bits per heavy atom. The van der Waals surface area contributed by atoms with E-state index in [1.54, 1.807) is 30.8 Å². The molecule has 0 saturated heterocycles. The molecule has 3 nitrogen and oxygen atoms in total. The molecule has 0 N–H and O–H groups in total. The molecule has 1 heterocycles. The molecule has 0 fully saturated rings. The number of pyridine rings is 1. The molecule has 66 valence electrons. The zero-order valence-corrected chi connectivity index (χ0v) is 8.04. The Labute approximate surface area is 73.0 Å². The Morgan fingerprint density at radius 1 is 1.67 bits per heavy atom. The summed E-state index contributed by atoms with van der Waals surface area (Å²) < 4.78 is 15.6.